The number of rotatable bonds is 28. The number of aliphatic hydroxyl groups excluding tert-OH is 1. The molecule has 0 aromatic heterocycles. The lowest BCUT2D eigenvalue weighted by Crippen LogP contribution is -2.47. The number of sulfonamides is 1. The SMILES string of the molecule is CCCCCCCCN(CCCCCCCC)CC1CC(c2ccc(CO)cc2)OC(c2ccc(-c3cccc(CNC(=O)C(Cc4ccccc4)NS(=O)(=O)c4ccc(C)cc4)c3)cc2)O1. The number of nitrogens with one attached hydrogen (secondary N) is 2. The van der Waals surface area contributed by atoms with Crippen LogP contribution in [0.15, 0.2) is 132 Å². The maximum atomic E-state index is 13.8. The molecular weight excluding hydrogens is 855 g/mol. The van der Waals surface area contributed by atoms with Gasteiger partial charge in [-0.3, -0.25) is 4.79 Å². The number of aryl methyl sites for hydroxylation is 1. The van der Waals surface area contributed by atoms with Gasteiger partial charge in [-0.1, -0.05) is 193 Å². The minimum absolute atomic E-state index is 0.00398. The number of amides is 1. The molecule has 67 heavy (non-hydrogen) atoms. The molecule has 4 atom stereocenters. The summed E-state index contributed by atoms with van der Waals surface area (Å²) in [5.41, 5.74) is 7.60. The highest BCUT2D eigenvalue weighted by Gasteiger charge is 2.33. The van der Waals surface area contributed by atoms with Gasteiger partial charge in [0.15, 0.2) is 6.29 Å². The average molecular weight is 930 g/mol. The molecule has 9 nitrogen and oxygen atoms in total. The van der Waals surface area contributed by atoms with Crippen LogP contribution < -0.4 is 10.0 Å². The molecule has 0 spiro atoms. The Morgan fingerprint density at radius 1 is 0.672 bits per heavy atom. The highest BCUT2D eigenvalue weighted by Crippen LogP contribution is 2.39. The Hall–Kier alpha value is -4.68. The molecule has 0 aliphatic carbocycles. The third-order valence-corrected chi connectivity index (χ3v) is 14.4. The van der Waals surface area contributed by atoms with Crippen LogP contribution >= 0.6 is 0 Å². The van der Waals surface area contributed by atoms with Gasteiger partial charge in [0.05, 0.1) is 23.7 Å². The molecule has 360 valence electrons. The number of aliphatic hydroxyl groups is 1. The summed E-state index contributed by atoms with van der Waals surface area (Å²) in [4.78, 5) is 16.5. The van der Waals surface area contributed by atoms with Gasteiger partial charge in [-0.05, 0) is 90.9 Å². The fourth-order valence-electron chi connectivity index (χ4n) is 8.86. The van der Waals surface area contributed by atoms with Crippen molar-refractivity contribution in [3.05, 3.63) is 161 Å². The Kier molecular flexibility index (Phi) is 21.1. The zero-order valence-electron chi connectivity index (χ0n) is 40.2. The predicted octanol–water partition coefficient (Wildman–Crippen LogP) is 11.9. The second-order valence-corrected chi connectivity index (χ2v) is 20.1. The lowest BCUT2D eigenvalue weighted by Gasteiger charge is -2.38. The Morgan fingerprint density at radius 2 is 1.28 bits per heavy atom. The van der Waals surface area contributed by atoms with E-state index in [0.717, 1.165) is 70.6 Å². The third kappa shape index (κ3) is 16.8. The molecule has 1 saturated heterocycles. The van der Waals surface area contributed by atoms with E-state index in [0.29, 0.717) is 0 Å². The van der Waals surface area contributed by atoms with Gasteiger partial charge in [0.25, 0.3) is 0 Å². The predicted molar refractivity (Wildman–Crippen MR) is 271 cm³/mol. The quantitative estimate of drug-likeness (QED) is 0.0428. The maximum Gasteiger partial charge on any atom is 0.241 e. The van der Waals surface area contributed by atoms with Gasteiger partial charge in [-0.2, -0.15) is 4.72 Å². The smallest absolute Gasteiger partial charge is 0.241 e. The van der Waals surface area contributed by atoms with Gasteiger partial charge in [0, 0.05) is 25.1 Å². The molecule has 10 heteroatoms. The van der Waals surface area contributed by atoms with Crippen LogP contribution in [0.1, 0.15) is 143 Å². The van der Waals surface area contributed by atoms with Crippen LogP contribution in [0.4, 0.5) is 0 Å². The van der Waals surface area contributed by atoms with Crippen LogP contribution in [-0.2, 0) is 43.9 Å². The largest absolute Gasteiger partial charge is 0.392 e. The summed E-state index contributed by atoms with van der Waals surface area (Å²) in [6.45, 7) is 9.70. The number of benzene rings is 5. The van der Waals surface area contributed by atoms with Crippen molar-refractivity contribution in [1.82, 2.24) is 14.9 Å². The topological polar surface area (TPSA) is 117 Å². The number of hydrogen-bond donors (Lipinski definition) is 3. The average Bonchev–Trinajstić information content (AvgIpc) is 3.35. The minimum Gasteiger partial charge on any atom is -0.392 e. The van der Waals surface area contributed by atoms with Crippen molar-refractivity contribution < 1.29 is 27.8 Å². The van der Waals surface area contributed by atoms with Gasteiger partial charge in [0.1, 0.15) is 6.04 Å². The van der Waals surface area contributed by atoms with E-state index < -0.39 is 28.3 Å². The summed E-state index contributed by atoms with van der Waals surface area (Å²) in [5.74, 6) is -0.407. The maximum absolute atomic E-state index is 13.8. The first kappa shape index (κ1) is 51.7. The van der Waals surface area contributed by atoms with Crippen molar-refractivity contribution >= 4 is 15.9 Å². The summed E-state index contributed by atoms with van der Waals surface area (Å²) in [6, 6.07) is 39.5. The standard InChI is InChI=1S/C57H75N3O6S/c1-4-6-8-10-12-17-36-60(37-18-13-11-9-7-5-2)42-52-40-55(49-28-26-46(43-61)27-29-49)66-57(65-52)50-32-30-48(31-33-50)51-23-19-22-47(38-51)41-58-56(62)54(39-45-20-15-14-16-21-45)59-67(63,64)53-34-24-44(3)25-35-53/h14-16,19-35,38,52,54-55,57,59,61H,4-13,17-18,36-37,39-43H2,1-3H3,(H,58,62). The highest BCUT2D eigenvalue weighted by molar-refractivity contribution is 7.89. The number of hydrogen-bond acceptors (Lipinski definition) is 7. The number of ether oxygens (including phenoxy) is 2. The van der Waals surface area contributed by atoms with Crippen molar-refractivity contribution in [1.29, 1.82) is 0 Å². The van der Waals surface area contributed by atoms with Crippen LogP contribution in [0.25, 0.3) is 11.1 Å². The Balaban J connectivity index is 1.13. The number of nitrogens with zero attached hydrogens (tertiary/aromatic N) is 1. The second kappa shape index (κ2) is 27.3. The molecule has 1 aliphatic rings. The van der Waals surface area contributed by atoms with Crippen LogP contribution in [-0.4, -0.2) is 56.1 Å². The fourth-order valence-corrected chi connectivity index (χ4v) is 10.1. The summed E-state index contributed by atoms with van der Waals surface area (Å²) in [5, 5.41) is 12.7. The summed E-state index contributed by atoms with van der Waals surface area (Å²) >= 11 is 0. The normalized spacial score (nSPS) is 16.8. The van der Waals surface area contributed by atoms with E-state index in [2.05, 4.69) is 71.3 Å². The lowest BCUT2D eigenvalue weighted by atomic mass is 9.98. The molecule has 5 aromatic rings. The second-order valence-electron chi connectivity index (χ2n) is 18.4. The van der Waals surface area contributed by atoms with E-state index in [1.54, 1.807) is 24.3 Å². The first-order chi connectivity index (χ1) is 32.6. The molecule has 0 radical (unpaired) electrons. The molecule has 3 N–H and O–H groups in total. The Morgan fingerprint density at radius 3 is 1.93 bits per heavy atom. The minimum atomic E-state index is -3.96. The molecule has 0 bridgehead atoms. The van der Waals surface area contributed by atoms with Crippen molar-refractivity contribution in [3.63, 3.8) is 0 Å². The summed E-state index contributed by atoms with van der Waals surface area (Å²) in [6.07, 6.45) is 15.6. The third-order valence-electron chi connectivity index (χ3n) is 12.9. The highest BCUT2D eigenvalue weighted by atomic mass is 32.2. The van der Waals surface area contributed by atoms with Gasteiger partial charge in [-0.15, -0.1) is 0 Å². The van der Waals surface area contributed by atoms with Gasteiger partial charge >= 0.3 is 0 Å². The van der Waals surface area contributed by atoms with Crippen molar-refractivity contribution in [2.75, 3.05) is 19.6 Å². The first-order valence-corrected chi connectivity index (χ1v) is 26.4. The first-order valence-electron chi connectivity index (χ1n) is 25.0. The monoisotopic (exact) mass is 930 g/mol. The molecule has 1 aliphatic heterocycles. The molecule has 1 fully saturated rings. The Bertz CT molecular complexity index is 2290. The van der Waals surface area contributed by atoms with Crippen molar-refractivity contribution in [2.24, 2.45) is 0 Å². The van der Waals surface area contributed by atoms with Gasteiger partial charge in [-0.25, -0.2) is 8.42 Å². The molecule has 6 rings (SSSR count). The van der Waals surface area contributed by atoms with Crippen molar-refractivity contribution in [2.45, 2.75) is 153 Å². The van der Waals surface area contributed by atoms with E-state index >= 15 is 0 Å². The van der Waals surface area contributed by atoms with Crippen LogP contribution in [0.3, 0.4) is 0 Å². The lowest BCUT2D eigenvalue weighted by molar-refractivity contribution is -0.253. The molecule has 5 aromatic carbocycles. The van der Waals surface area contributed by atoms with Crippen LogP contribution in [0.2, 0.25) is 0 Å². The van der Waals surface area contributed by atoms with E-state index in [-0.39, 0.29) is 36.7 Å². The van der Waals surface area contributed by atoms with E-state index in [9.17, 15) is 18.3 Å². The Labute approximate surface area is 401 Å². The summed E-state index contributed by atoms with van der Waals surface area (Å²) in [7, 11) is -3.96. The van der Waals surface area contributed by atoms with E-state index in [1.165, 1.54) is 77.0 Å². The zero-order chi connectivity index (χ0) is 47.3. The number of carbonyl (C=O) groups excluding carboxylic acids is 1. The number of carbonyl (C=O) groups is 1. The summed E-state index contributed by atoms with van der Waals surface area (Å²) < 4.78 is 43.2. The van der Waals surface area contributed by atoms with Crippen LogP contribution in [0, 0.1) is 6.92 Å². The molecule has 1 heterocycles. The van der Waals surface area contributed by atoms with Gasteiger partial charge in [0.2, 0.25) is 15.9 Å². The molecule has 4 unspecified atom stereocenters. The van der Waals surface area contributed by atoms with E-state index in [1.807, 2.05) is 67.6 Å². The van der Waals surface area contributed by atoms with Gasteiger partial charge < -0.3 is 24.8 Å². The molecule has 1 amide bonds. The van der Waals surface area contributed by atoms with Crippen molar-refractivity contribution in [3.8, 4) is 11.1 Å². The molecular formula is C57H75N3O6S. The molecule has 0 saturated carbocycles. The fraction of sp³-hybridized carbons (Fsp3) is 0.456. The zero-order valence-corrected chi connectivity index (χ0v) is 41.0. The van der Waals surface area contributed by atoms with Crippen LogP contribution in [0.5, 0.6) is 0 Å². The van der Waals surface area contributed by atoms with E-state index in [4.69, 9.17) is 9.47 Å². The number of unbranched alkanes of at least 4 members (excludes halogenated alkanes) is 10.